The second-order valence-corrected chi connectivity index (χ2v) is 5.98. The summed E-state index contributed by atoms with van der Waals surface area (Å²) in [5.41, 5.74) is 2.11. The van der Waals surface area contributed by atoms with Gasteiger partial charge in [0, 0.05) is 10.6 Å². The number of nitrogens with one attached hydrogen (secondary N) is 1. The van der Waals surface area contributed by atoms with Crippen molar-refractivity contribution in [2.45, 2.75) is 13.3 Å². The van der Waals surface area contributed by atoms with E-state index < -0.39 is 18.5 Å². The molecule has 7 heteroatoms. The molecule has 0 aliphatic rings. The topological polar surface area (TPSA) is 73.9 Å². The van der Waals surface area contributed by atoms with Crippen molar-refractivity contribution in [1.82, 2.24) is 0 Å². The van der Waals surface area contributed by atoms with E-state index in [9.17, 15) is 9.59 Å². The zero-order valence-corrected chi connectivity index (χ0v) is 15.6. The number of rotatable bonds is 7. The van der Waals surface area contributed by atoms with E-state index in [4.69, 9.17) is 25.8 Å². The van der Waals surface area contributed by atoms with Gasteiger partial charge in [-0.3, -0.25) is 9.59 Å². The summed E-state index contributed by atoms with van der Waals surface area (Å²) in [6.45, 7) is 1.50. The molecule has 0 heterocycles. The van der Waals surface area contributed by atoms with Crippen molar-refractivity contribution in [2.75, 3.05) is 26.1 Å². The SMILES string of the molecule is COc1ccc(C)cc1CC(=O)OCC(=O)Nc1cc(Cl)ccc1OC. The quantitative estimate of drug-likeness (QED) is 0.749. The number of esters is 1. The van der Waals surface area contributed by atoms with Gasteiger partial charge in [0.2, 0.25) is 0 Å². The van der Waals surface area contributed by atoms with E-state index in [0.29, 0.717) is 27.8 Å². The van der Waals surface area contributed by atoms with Gasteiger partial charge in [-0.15, -0.1) is 0 Å². The number of aryl methyl sites for hydroxylation is 1. The fourth-order valence-electron chi connectivity index (χ4n) is 2.36. The first-order chi connectivity index (χ1) is 12.4. The average Bonchev–Trinajstić information content (AvgIpc) is 2.60. The number of anilines is 1. The lowest BCUT2D eigenvalue weighted by molar-refractivity contribution is -0.146. The molecule has 0 aromatic heterocycles. The number of carbonyl (C=O) groups excluding carboxylic acids is 2. The van der Waals surface area contributed by atoms with Gasteiger partial charge < -0.3 is 19.5 Å². The molecule has 0 atom stereocenters. The standard InChI is InChI=1S/C19H20ClNO5/c1-12-4-6-16(24-2)13(8-12)9-19(23)26-11-18(22)21-15-10-14(20)5-7-17(15)25-3/h4-8,10H,9,11H2,1-3H3,(H,21,22). The van der Waals surface area contributed by atoms with Crippen molar-refractivity contribution in [3.8, 4) is 11.5 Å². The molecule has 0 bridgehead atoms. The van der Waals surface area contributed by atoms with Crippen LogP contribution in [0.5, 0.6) is 11.5 Å². The molecule has 0 spiro atoms. The maximum atomic E-state index is 12.0. The number of hydrogen-bond donors (Lipinski definition) is 1. The number of hydrogen-bond acceptors (Lipinski definition) is 5. The molecular weight excluding hydrogens is 358 g/mol. The normalized spacial score (nSPS) is 10.2. The third-order valence-corrected chi connectivity index (χ3v) is 3.81. The van der Waals surface area contributed by atoms with Crippen LogP contribution in [-0.4, -0.2) is 32.7 Å². The highest BCUT2D eigenvalue weighted by Gasteiger charge is 2.14. The van der Waals surface area contributed by atoms with E-state index in [2.05, 4.69) is 5.32 Å². The molecule has 26 heavy (non-hydrogen) atoms. The molecule has 1 N–H and O–H groups in total. The molecule has 1 amide bonds. The number of methoxy groups -OCH3 is 2. The van der Waals surface area contributed by atoms with E-state index in [1.54, 1.807) is 24.3 Å². The van der Waals surface area contributed by atoms with E-state index in [-0.39, 0.29) is 6.42 Å². The Balaban J connectivity index is 1.92. The first kappa shape index (κ1) is 19.6. The summed E-state index contributed by atoms with van der Waals surface area (Å²) < 4.78 is 15.4. The molecule has 0 aliphatic heterocycles. The molecule has 6 nitrogen and oxygen atoms in total. The van der Waals surface area contributed by atoms with Crippen molar-refractivity contribution in [1.29, 1.82) is 0 Å². The molecule has 0 radical (unpaired) electrons. The van der Waals surface area contributed by atoms with Crippen LogP contribution in [-0.2, 0) is 20.7 Å². The van der Waals surface area contributed by atoms with Crippen molar-refractivity contribution >= 4 is 29.2 Å². The van der Waals surface area contributed by atoms with E-state index in [0.717, 1.165) is 5.56 Å². The Labute approximate surface area is 157 Å². The van der Waals surface area contributed by atoms with E-state index in [1.807, 2.05) is 19.1 Å². The summed E-state index contributed by atoms with van der Waals surface area (Å²) in [5, 5.41) is 3.05. The number of ether oxygens (including phenoxy) is 3. The highest BCUT2D eigenvalue weighted by molar-refractivity contribution is 6.31. The Morgan fingerprint density at radius 3 is 2.42 bits per heavy atom. The summed E-state index contributed by atoms with van der Waals surface area (Å²) in [7, 11) is 3.01. The Morgan fingerprint density at radius 1 is 1.04 bits per heavy atom. The number of halogens is 1. The zero-order chi connectivity index (χ0) is 19.1. The Hall–Kier alpha value is -2.73. The Kier molecular flexibility index (Phi) is 6.86. The largest absolute Gasteiger partial charge is 0.496 e. The molecular formula is C19H20ClNO5. The van der Waals surface area contributed by atoms with Gasteiger partial charge in [0.15, 0.2) is 6.61 Å². The third kappa shape index (κ3) is 5.39. The zero-order valence-electron chi connectivity index (χ0n) is 14.8. The number of benzene rings is 2. The molecule has 0 saturated heterocycles. The maximum absolute atomic E-state index is 12.0. The maximum Gasteiger partial charge on any atom is 0.310 e. The van der Waals surface area contributed by atoms with Crippen molar-refractivity contribution in [3.63, 3.8) is 0 Å². The van der Waals surface area contributed by atoms with E-state index >= 15 is 0 Å². The molecule has 0 saturated carbocycles. The monoisotopic (exact) mass is 377 g/mol. The second-order valence-electron chi connectivity index (χ2n) is 5.55. The number of amides is 1. The lowest BCUT2D eigenvalue weighted by Crippen LogP contribution is -2.22. The summed E-state index contributed by atoms with van der Waals surface area (Å²) in [4.78, 5) is 24.0. The van der Waals surface area contributed by atoms with Crippen molar-refractivity contribution in [3.05, 3.63) is 52.5 Å². The van der Waals surface area contributed by atoms with Gasteiger partial charge in [-0.2, -0.15) is 0 Å². The molecule has 2 aromatic carbocycles. The fraction of sp³-hybridized carbons (Fsp3) is 0.263. The molecule has 2 aromatic rings. The summed E-state index contributed by atoms with van der Waals surface area (Å²) in [6, 6.07) is 10.4. The predicted octanol–water partition coefficient (Wildman–Crippen LogP) is 3.39. The van der Waals surface area contributed by atoms with Crippen LogP contribution in [0.2, 0.25) is 5.02 Å². The van der Waals surface area contributed by atoms with Crippen molar-refractivity contribution in [2.24, 2.45) is 0 Å². The van der Waals surface area contributed by atoms with E-state index in [1.165, 1.54) is 14.2 Å². The lowest BCUT2D eigenvalue weighted by Gasteiger charge is -2.11. The van der Waals surface area contributed by atoms with Crippen LogP contribution in [0.15, 0.2) is 36.4 Å². The first-order valence-corrected chi connectivity index (χ1v) is 8.23. The molecule has 0 unspecified atom stereocenters. The summed E-state index contributed by atoms with van der Waals surface area (Å²) >= 11 is 5.91. The fourth-order valence-corrected chi connectivity index (χ4v) is 2.53. The van der Waals surface area contributed by atoms with Crippen LogP contribution in [0, 0.1) is 6.92 Å². The lowest BCUT2D eigenvalue weighted by atomic mass is 10.1. The second kappa shape index (κ2) is 9.10. The smallest absolute Gasteiger partial charge is 0.310 e. The van der Waals surface area contributed by atoms with Gasteiger partial charge in [-0.05, 0) is 31.2 Å². The van der Waals surface area contributed by atoms with Crippen LogP contribution in [0.3, 0.4) is 0 Å². The summed E-state index contributed by atoms with van der Waals surface area (Å²) in [6.07, 6.45) is 0.0125. The van der Waals surface area contributed by atoms with Gasteiger partial charge >= 0.3 is 5.97 Å². The van der Waals surface area contributed by atoms with Crippen LogP contribution in [0.1, 0.15) is 11.1 Å². The average molecular weight is 378 g/mol. The molecule has 0 aliphatic carbocycles. The Bertz CT molecular complexity index is 739. The van der Waals surface area contributed by atoms with Gasteiger partial charge in [-0.1, -0.05) is 29.3 Å². The van der Waals surface area contributed by atoms with Crippen LogP contribution < -0.4 is 14.8 Å². The molecule has 138 valence electrons. The Morgan fingerprint density at radius 2 is 1.73 bits per heavy atom. The minimum atomic E-state index is -0.526. The first-order valence-electron chi connectivity index (χ1n) is 7.85. The number of carbonyl (C=O) groups is 2. The highest BCUT2D eigenvalue weighted by Crippen LogP contribution is 2.27. The minimum absolute atomic E-state index is 0.0125. The van der Waals surface area contributed by atoms with Gasteiger partial charge in [0.1, 0.15) is 11.5 Å². The van der Waals surface area contributed by atoms with Crippen LogP contribution in [0.4, 0.5) is 5.69 Å². The van der Waals surface area contributed by atoms with Crippen LogP contribution >= 0.6 is 11.6 Å². The van der Waals surface area contributed by atoms with Gasteiger partial charge in [0.25, 0.3) is 5.91 Å². The predicted molar refractivity (Wildman–Crippen MR) is 99.0 cm³/mol. The molecule has 0 fully saturated rings. The van der Waals surface area contributed by atoms with Gasteiger partial charge in [-0.25, -0.2) is 0 Å². The molecule has 2 rings (SSSR count). The minimum Gasteiger partial charge on any atom is -0.496 e. The summed E-state index contributed by atoms with van der Waals surface area (Å²) in [5.74, 6) is 0.0384. The van der Waals surface area contributed by atoms with Crippen molar-refractivity contribution < 1.29 is 23.8 Å². The van der Waals surface area contributed by atoms with Crippen LogP contribution in [0.25, 0.3) is 0 Å². The highest BCUT2D eigenvalue weighted by atomic mass is 35.5. The third-order valence-electron chi connectivity index (χ3n) is 3.57. The van der Waals surface area contributed by atoms with Gasteiger partial charge in [0.05, 0.1) is 26.3 Å².